The fraction of sp³-hybridized carbons (Fsp3) is 0.778. The lowest BCUT2D eigenvalue weighted by atomic mass is 10.2. The Labute approximate surface area is 83.1 Å². The van der Waals surface area contributed by atoms with Crippen molar-refractivity contribution in [2.45, 2.75) is 38.0 Å². The van der Waals surface area contributed by atoms with Crippen LogP contribution in [0.2, 0.25) is 0 Å². The highest BCUT2D eigenvalue weighted by Crippen LogP contribution is 2.18. The van der Waals surface area contributed by atoms with Crippen LogP contribution in [-0.2, 0) is 13.6 Å². The predicted molar refractivity (Wildman–Crippen MR) is 51.5 cm³/mol. The van der Waals surface area contributed by atoms with Crippen LogP contribution in [0.4, 0.5) is 0 Å². The molecule has 0 radical (unpaired) electrons. The molecule has 2 rings (SSSR count). The molecule has 2 atom stereocenters. The minimum Gasteiger partial charge on any atom is -0.393 e. The van der Waals surface area contributed by atoms with Gasteiger partial charge in [-0.2, -0.15) is 0 Å². The molecule has 1 aromatic heterocycles. The van der Waals surface area contributed by atoms with Crippen molar-refractivity contribution in [2.24, 2.45) is 7.05 Å². The first kappa shape index (κ1) is 9.61. The summed E-state index contributed by atoms with van der Waals surface area (Å²) in [7, 11) is 1.88. The Morgan fingerprint density at radius 3 is 3.07 bits per heavy atom. The number of nitrogens with one attached hydrogen (secondary N) is 1. The van der Waals surface area contributed by atoms with Gasteiger partial charge in [-0.25, -0.2) is 0 Å². The van der Waals surface area contributed by atoms with Crippen molar-refractivity contribution >= 4 is 0 Å². The Kier molecular flexibility index (Phi) is 2.79. The first-order valence-corrected chi connectivity index (χ1v) is 5.00. The van der Waals surface area contributed by atoms with Gasteiger partial charge in [-0.3, -0.25) is 4.68 Å². The average Bonchev–Trinajstić information content (AvgIpc) is 2.72. The van der Waals surface area contributed by atoms with Gasteiger partial charge in [0.25, 0.3) is 0 Å². The van der Waals surface area contributed by atoms with E-state index in [2.05, 4.69) is 15.6 Å². The van der Waals surface area contributed by atoms with Crippen molar-refractivity contribution in [3.8, 4) is 0 Å². The summed E-state index contributed by atoms with van der Waals surface area (Å²) in [6, 6.07) is 0.444. The van der Waals surface area contributed by atoms with Gasteiger partial charge in [-0.1, -0.05) is 5.21 Å². The number of nitrogens with zero attached hydrogens (tertiary/aromatic N) is 3. The van der Waals surface area contributed by atoms with Crippen LogP contribution in [0.1, 0.15) is 25.0 Å². The number of aliphatic hydroxyl groups excluding tert-OH is 1. The zero-order valence-corrected chi connectivity index (χ0v) is 8.35. The second-order valence-corrected chi connectivity index (χ2v) is 3.89. The second kappa shape index (κ2) is 4.06. The monoisotopic (exact) mass is 196 g/mol. The van der Waals surface area contributed by atoms with Gasteiger partial charge >= 0.3 is 0 Å². The molecule has 0 unspecified atom stereocenters. The minimum absolute atomic E-state index is 0.114. The van der Waals surface area contributed by atoms with Crippen LogP contribution >= 0.6 is 0 Å². The Balaban J connectivity index is 1.80. The SMILES string of the molecule is Cn1nncc1CN[C@H]1CC[C@@H](O)C1. The van der Waals surface area contributed by atoms with Crippen molar-refractivity contribution in [1.82, 2.24) is 20.3 Å². The fourth-order valence-electron chi connectivity index (χ4n) is 1.86. The molecular weight excluding hydrogens is 180 g/mol. The van der Waals surface area contributed by atoms with Gasteiger partial charge in [-0.05, 0) is 19.3 Å². The summed E-state index contributed by atoms with van der Waals surface area (Å²) >= 11 is 0. The number of hydrogen-bond donors (Lipinski definition) is 2. The number of hydrogen-bond acceptors (Lipinski definition) is 4. The third kappa shape index (κ3) is 2.10. The Hall–Kier alpha value is -0.940. The lowest BCUT2D eigenvalue weighted by molar-refractivity contribution is 0.179. The molecule has 0 bridgehead atoms. The maximum atomic E-state index is 9.34. The van der Waals surface area contributed by atoms with E-state index in [0.717, 1.165) is 31.5 Å². The van der Waals surface area contributed by atoms with Crippen LogP contribution in [0.15, 0.2) is 6.20 Å². The summed E-state index contributed by atoms with van der Waals surface area (Å²) in [5, 5.41) is 20.4. The molecule has 1 aliphatic carbocycles. The summed E-state index contributed by atoms with van der Waals surface area (Å²) < 4.78 is 1.76. The van der Waals surface area contributed by atoms with E-state index in [1.807, 2.05) is 7.05 Å². The number of aromatic nitrogens is 3. The van der Waals surface area contributed by atoms with E-state index in [0.29, 0.717) is 6.04 Å². The Bertz CT molecular complexity index is 299. The van der Waals surface area contributed by atoms with Crippen molar-refractivity contribution in [2.75, 3.05) is 0 Å². The van der Waals surface area contributed by atoms with Crippen LogP contribution in [0.3, 0.4) is 0 Å². The Morgan fingerprint density at radius 2 is 2.50 bits per heavy atom. The van der Waals surface area contributed by atoms with Crippen LogP contribution in [0.25, 0.3) is 0 Å². The average molecular weight is 196 g/mol. The molecule has 5 nitrogen and oxygen atoms in total. The van der Waals surface area contributed by atoms with E-state index in [1.165, 1.54) is 0 Å². The van der Waals surface area contributed by atoms with Crippen molar-refractivity contribution in [1.29, 1.82) is 0 Å². The largest absolute Gasteiger partial charge is 0.393 e. The van der Waals surface area contributed by atoms with Crippen molar-refractivity contribution in [3.05, 3.63) is 11.9 Å². The van der Waals surface area contributed by atoms with Crippen LogP contribution in [0, 0.1) is 0 Å². The molecule has 1 fully saturated rings. The molecule has 1 aliphatic rings. The first-order valence-electron chi connectivity index (χ1n) is 5.00. The van der Waals surface area contributed by atoms with Gasteiger partial charge in [0.2, 0.25) is 0 Å². The maximum absolute atomic E-state index is 9.34. The predicted octanol–water partition coefficient (Wildman–Crippen LogP) is -0.182. The number of aliphatic hydroxyl groups is 1. The van der Waals surface area contributed by atoms with Gasteiger partial charge < -0.3 is 10.4 Å². The summed E-state index contributed by atoms with van der Waals surface area (Å²) in [5.74, 6) is 0. The highest BCUT2D eigenvalue weighted by molar-refractivity contribution is 4.93. The van der Waals surface area contributed by atoms with E-state index in [1.54, 1.807) is 10.9 Å². The summed E-state index contributed by atoms with van der Waals surface area (Å²) in [5.41, 5.74) is 1.08. The molecule has 0 spiro atoms. The van der Waals surface area contributed by atoms with Crippen molar-refractivity contribution < 1.29 is 5.11 Å². The van der Waals surface area contributed by atoms with E-state index in [4.69, 9.17) is 0 Å². The molecule has 14 heavy (non-hydrogen) atoms. The second-order valence-electron chi connectivity index (χ2n) is 3.89. The third-order valence-electron chi connectivity index (χ3n) is 2.79. The smallest absolute Gasteiger partial charge is 0.0738 e. The van der Waals surface area contributed by atoms with E-state index >= 15 is 0 Å². The maximum Gasteiger partial charge on any atom is 0.0738 e. The molecule has 78 valence electrons. The zero-order valence-electron chi connectivity index (χ0n) is 8.35. The van der Waals surface area contributed by atoms with Crippen LogP contribution in [-0.4, -0.2) is 32.2 Å². The molecule has 0 aromatic carbocycles. The molecule has 0 amide bonds. The number of rotatable bonds is 3. The lowest BCUT2D eigenvalue weighted by Crippen LogP contribution is -2.27. The summed E-state index contributed by atoms with van der Waals surface area (Å²) in [6.45, 7) is 0.779. The molecule has 2 N–H and O–H groups in total. The highest BCUT2D eigenvalue weighted by atomic mass is 16.3. The van der Waals surface area contributed by atoms with E-state index in [-0.39, 0.29) is 6.10 Å². The quantitative estimate of drug-likeness (QED) is 0.704. The highest BCUT2D eigenvalue weighted by Gasteiger charge is 2.22. The van der Waals surface area contributed by atoms with Crippen LogP contribution < -0.4 is 5.32 Å². The summed E-state index contributed by atoms with van der Waals surface area (Å²) in [4.78, 5) is 0. The molecule has 5 heteroatoms. The van der Waals surface area contributed by atoms with E-state index < -0.39 is 0 Å². The molecule has 1 saturated carbocycles. The van der Waals surface area contributed by atoms with Gasteiger partial charge in [-0.15, -0.1) is 5.10 Å². The van der Waals surface area contributed by atoms with Crippen LogP contribution in [0.5, 0.6) is 0 Å². The third-order valence-corrected chi connectivity index (χ3v) is 2.79. The molecule has 1 heterocycles. The van der Waals surface area contributed by atoms with Crippen molar-refractivity contribution in [3.63, 3.8) is 0 Å². The topological polar surface area (TPSA) is 63.0 Å². The number of aryl methyl sites for hydroxylation is 1. The van der Waals surface area contributed by atoms with Gasteiger partial charge in [0, 0.05) is 19.6 Å². The summed E-state index contributed by atoms with van der Waals surface area (Å²) in [6.07, 6.45) is 4.49. The van der Waals surface area contributed by atoms with Gasteiger partial charge in [0.1, 0.15) is 0 Å². The van der Waals surface area contributed by atoms with E-state index in [9.17, 15) is 5.11 Å². The van der Waals surface area contributed by atoms with Gasteiger partial charge in [0.05, 0.1) is 18.0 Å². The minimum atomic E-state index is -0.114. The first-order chi connectivity index (χ1) is 6.75. The molecule has 0 aliphatic heterocycles. The molecule has 0 saturated heterocycles. The Morgan fingerprint density at radius 1 is 1.64 bits per heavy atom. The van der Waals surface area contributed by atoms with Gasteiger partial charge in [0.15, 0.2) is 0 Å². The fourth-order valence-corrected chi connectivity index (χ4v) is 1.86. The molecular formula is C9H16N4O. The molecule has 1 aromatic rings. The lowest BCUT2D eigenvalue weighted by Gasteiger charge is -2.11. The normalized spacial score (nSPS) is 27.0. The standard InChI is InChI=1S/C9H16N4O/c1-13-8(6-11-12-13)5-10-7-2-3-9(14)4-7/h6-7,9-10,14H,2-5H2,1H3/t7-,9+/m0/s1. The zero-order chi connectivity index (χ0) is 9.97.